The van der Waals surface area contributed by atoms with E-state index in [1.54, 1.807) is 0 Å². The van der Waals surface area contributed by atoms with Crippen LogP contribution in [0.1, 0.15) is 52.4 Å². The Morgan fingerprint density at radius 1 is 1.13 bits per heavy atom. The molecule has 0 heterocycles. The van der Waals surface area contributed by atoms with Crippen LogP contribution >= 0.6 is 0 Å². The lowest BCUT2D eigenvalue weighted by Gasteiger charge is -2.31. The minimum Gasteiger partial charge on any atom is -0.392 e. The highest BCUT2D eigenvalue weighted by atomic mass is 16.3. The quantitative estimate of drug-likeness (QED) is 0.705. The number of rotatable bonds is 4. The average molecular weight is 213 g/mol. The van der Waals surface area contributed by atoms with E-state index in [-0.39, 0.29) is 12.0 Å². The van der Waals surface area contributed by atoms with E-state index in [0.29, 0.717) is 18.4 Å². The molecule has 1 saturated carbocycles. The molecule has 3 N–H and O–H groups in total. The molecule has 0 aromatic rings. The van der Waals surface area contributed by atoms with Crippen molar-refractivity contribution in [2.45, 2.75) is 58.5 Å². The Bertz CT molecular complexity index is 162. The van der Waals surface area contributed by atoms with Crippen molar-refractivity contribution in [2.75, 3.05) is 6.54 Å². The Kier molecular flexibility index (Phi) is 5.62. The maximum absolute atomic E-state index is 10.3. The monoisotopic (exact) mass is 213 g/mol. The molecule has 90 valence electrons. The molecule has 1 rings (SSSR count). The predicted octanol–water partition coefficient (Wildman–Crippen LogP) is 2.55. The van der Waals surface area contributed by atoms with Gasteiger partial charge in [-0.05, 0) is 37.1 Å². The van der Waals surface area contributed by atoms with Gasteiger partial charge >= 0.3 is 0 Å². The van der Waals surface area contributed by atoms with Crippen molar-refractivity contribution < 1.29 is 5.11 Å². The molecule has 1 fully saturated rings. The molecule has 0 aromatic heterocycles. The second-order valence-electron chi connectivity index (χ2n) is 5.39. The highest BCUT2D eigenvalue weighted by Gasteiger charge is 2.29. The first kappa shape index (κ1) is 13.0. The third-order valence-corrected chi connectivity index (χ3v) is 3.95. The van der Waals surface area contributed by atoms with Crippen LogP contribution in [0.5, 0.6) is 0 Å². The minimum atomic E-state index is -0.173. The zero-order valence-corrected chi connectivity index (χ0v) is 10.3. The van der Waals surface area contributed by atoms with Crippen LogP contribution in [0.4, 0.5) is 0 Å². The molecule has 0 radical (unpaired) electrons. The fourth-order valence-corrected chi connectivity index (χ4v) is 2.81. The zero-order valence-electron chi connectivity index (χ0n) is 10.3. The van der Waals surface area contributed by atoms with E-state index >= 15 is 0 Å². The van der Waals surface area contributed by atoms with E-state index in [4.69, 9.17) is 5.73 Å². The second-order valence-corrected chi connectivity index (χ2v) is 5.39. The van der Waals surface area contributed by atoms with Gasteiger partial charge in [0.25, 0.3) is 0 Å². The summed E-state index contributed by atoms with van der Waals surface area (Å²) in [6, 6.07) is 0. The van der Waals surface area contributed by atoms with Crippen molar-refractivity contribution >= 4 is 0 Å². The van der Waals surface area contributed by atoms with E-state index in [2.05, 4.69) is 13.8 Å². The van der Waals surface area contributed by atoms with E-state index in [1.807, 2.05) is 0 Å². The van der Waals surface area contributed by atoms with E-state index < -0.39 is 0 Å². The van der Waals surface area contributed by atoms with Crippen molar-refractivity contribution in [3.63, 3.8) is 0 Å². The number of aliphatic hydroxyl groups excluding tert-OH is 1. The molecule has 0 bridgehead atoms. The summed E-state index contributed by atoms with van der Waals surface area (Å²) < 4.78 is 0. The Hall–Kier alpha value is -0.0800. The van der Waals surface area contributed by atoms with Crippen LogP contribution < -0.4 is 5.73 Å². The largest absolute Gasteiger partial charge is 0.392 e. The van der Waals surface area contributed by atoms with Crippen LogP contribution in [-0.4, -0.2) is 17.8 Å². The van der Waals surface area contributed by atoms with Gasteiger partial charge < -0.3 is 10.8 Å². The van der Waals surface area contributed by atoms with Crippen molar-refractivity contribution in [3.05, 3.63) is 0 Å². The topological polar surface area (TPSA) is 46.2 Å². The number of aliphatic hydroxyl groups is 1. The Balaban J connectivity index is 2.51. The SMILES string of the molecule is CC(C)C(CN)C(O)C1CCCCCC1. The minimum absolute atomic E-state index is 0.173. The summed E-state index contributed by atoms with van der Waals surface area (Å²) in [7, 11) is 0. The molecule has 15 heavy (non-hydrogen) atoms. The first-order chi connectivity index (χ1) is 7.16. The van der Waals surface area contributed by atoms with E-state index in [9.17, 15) is 5.11 Å². The summed E-state index contributed by atoms with van der Waals surface area (Å²) in [5.74, 6) is 1.28. The van der Waals surface area contributed by atoms with Crippen LogP contribution in [-0.2, 0) is 0 Å². The van der Waals surface area contributed by atoms with Crippen LogP contribution in [0, 0.1) is 17.8 Å². The fraction of sp³-hybridized carbons (Fsp3) is 1.00. The van der Waals surface area contributed by atoms with Gasteiger partial charge in [0.05, 0.1) is 6.10 Å². The molecule has 1 aliphatic carbocycles. The smallest absolute Gasteiger partial charge is 0.0611 e. The molecule has 0 spiro atoms. The van der Waals surface area contributed by atoms with Crippen molar-refractivity contribution in [1.29, 1.82) is 0 Å². The van der Waals surface area contributed by atoms with Gasteiger partial charge in [-0.3, -0.25) is 0 Å². The molecule has 1 aliphatic rings. The molecule has 2 nitrogen and oxygen atoms in total. The maximum atomic E-state index is 10.3. The fourth-order valence-electron chi connectivity index (χ4n) is 2.81. The van der Waals surface area contributed by atoms with E-state index in [0.717, 1.165) is 0 Å². The number of hydrogen-bond donors (Lipinski definition) is 2. The summed E-state index contributed by atoms with van der Waals surface area (Å²) >= 11 is 0. The Morgan fingerprint density at radius 3 is 2.07 bits per heavy atom. The standard InChI is InChI=1S/C13H27NO/c1-10(2)12(9-14)13(15)11-7-5-3-4-6-8-11/h10-13,15H,3-9,14H2,1-2H3. The van der Waals surface area contributed by atoms with Crippen LogP contribution in [0.15, 0.2) is 0 Å². The van der Waals surface area contributed by atoms with Gasteiger partial charge in [0.15, 0.2) is 0 Å². The van der Waals surface area contributed by atoms with Gasteiger partial charge in [0.1, 0.15) is 0 Å². The Morgan fingerprint density at radius 2 is 1.67 bits per heavy atom. The van der Waals surface area contributed by atoms with Crippen molar-refractivity contribution in [2.24, 2.45) is 23.5 Å². The molecule has 0 aromatic carbocycles. The summed E-state index contributed by atoms with van der Waals surface area (Å²) in [4.78, 5) is 0. The molecule has 2 atom stereocenters. The first-order valence-corrected chi connectivity index (χ1v) is 6.55. The highest BCUT2D eigenvalue weighted by molar-refractivity contribution is 4.80. The number of hydrogen-bond acceptors (Lipinski definition) is 2. The molecule has 0 saturated heterocycles. The lowest BCUT2D eigenvalue weighted by molar-refractivity contribution is 0.0274. The van der Waals surface area contributed by atoms with Gasteiger partial charge in [-0.2, -0.15) is 0 Å². The van der Waals surface area contributed by atoms with E-state index in [1.165, 1.54) is 38.5 Å². The lowest BCUT2D eigenvalue weighted by atomic mass is 9.80. The molecule has 0 aliphatic heterocycles. The maximum Gasteiger partial charge on any atom is 0.0611 e. The second kappa shape index (κ2) is 6.49. The van der Waals surface area contributed by atoms with Gasteiger partial charge in [-0.25, -0.2) is 0 Å². The van der Waals surface area contributed by atoms with Gasteiger partial charge in [0.2, 0.25) is 0 Å². The normalized spacial score (nSPS) is 23.8. The summed E-state index contributed by atoms with van der Waals surface area (Å²) in [6.45, 7) is 4.95. The summed E-state index contributed by atoms with van der Waals surface area (Å²) in [6.07, 6.45) is 7.49. The Labute approximate surface area is 94.2 Å². The van der Waals surface area contributed by atoms with Crippen LogP contribution in [0.3, 0.4) is 0 Å². The molecule has 0 amide bonds. The zero-order chi connectivity index (χ0) is 11.3. The molecule has 2 heteroatoms. The van der Waals surface area contributed by atoms with Crippen LogP contribution in [0.2, 0.25) is 0 Å². The van der Waals surface area contributed by atoms with Crippen molar-refractivity contribution in [1.82, 2.24) is 0 Å². The predicted molar refractivity (Wildman–Crippen MR) is 64.6 cm³/mol. The van der Waals surface area contributed by atoms with Crippen molar-refractivity contribution in [3.8, 4) is 0 Å². The van der Waals surface area contributed by atoms with Gasteiger partial charge in [-0.1, -0.05) is 39.5 Å². The average Bonchev–Trinajstić information content (AvgIpc) is 2.45. The molecule has 2 unspecified atom stereocenters. The van der Waals surface area contributed by atoms with Gasteiger partial charge in [0, 0.05) is 0 Å². The third-order valence-electron chi connectivity index (χ3n) is 3.95. The number of nitrogens with two attached hydrogens (primary N) is 1. The third kappa shape index (κ3) is 3.76. The summed E-state index contributed by atoms with van der Waals surface area (Å²) in [5, 5.41) is 10.3. The first-order valence-electron chi connectivity index (χ1n) is 6.55. The highest BCUT2D eigenvalue weighted by Crippen LogP contribution is 2.30. The summed E-state index contributed by atoms with van der Waals surface area (Å²) in [5.41, 5.74) is 5.76. The van der Waals surface area contributed by atoms with Crippen LogP contribution in [0.25, 0.3) is 0 Å². The molecular weight excluding hydrogens is 186 g/mol. The van der Waals surface area contributed by atoms with Gasteiger partial charge in [-0.15, -0.1) is 0 Å². The molecular formula is C13H27NO. The lowest BCUT2D eigenvalue weighted by Crippen LogP contribution is -2.37.